The number of rotatable bonds is 5. The fourth-order valence-corrected chi connectivity index (χ4v) is 3.66. The number of ether oxygens (including phenoxy) is 1. The van der Waals surface area contributed by atoms with E-state index in [1.54, 1.807) is 0 Å². The lowest BCUT2D eigenvalue weighted by molar-refractivity contribution is 0.0319. The minimum atomic E-state index is -1.09. The van der Waals surface area contributed by atoms with Gasteiger partial charge in [-0.3, -0.25) is 4.79 Å². The highest BCUT2D eigenvalue weighted by Crippen LogP contribution is 2.29. The van der Waals surface area contributed by atoms with Gasteiger partial charge in [0.15, 0.2) is 5.76 Å². The summed E-state index contributed by atoms with van der Waals surface area (Å²) in [6.45, 7) is 3.55. The first-order valence-electron chi connectivity index (χ1n) is 8.79. The molecule has 0 unspecified atom stereocenters. The molecule has 1 N–H and O–H groups in total. The number of hydrogen-bond acceptors (Lipinski definition) is 4. The Balaban J connectivity index is 1.76. The topological polar surface area (TPSA) is 80.0 Å². The summed E-state index contributed by atoms with van der Waals surface area (Å²) in [5.41, 5.74) is 0.00711. The van der Waals surface area contributed by atoms with Crippen molar-refractivity contribution in [1.29, 1.82) is 0 Å². The van der Waals surface area contributed by atoms with E-state index in [1.165, 1.54) is 6.07 Å². The van der Waals surface area contributed by atoms with Crippen molar-refractivity contribution in [2.24, 2.45) is 5.92 Å². The number of furan rings is 1. The third kappa shape index (κ3) is 3.80. The van der Waals surface area contributed by atoms with Crippen LogP contribution in [0.1, 0.15) is 66.4 Å². The highest BCUT2D eigenvalue weighted by molar-refractivity contribution is 5.95. The van der Waals surface area contributed by atoms with Crippen LogP contribution in [0.25, 0.3) is 0 Å². The van der Waals surface area contributed by atoms with E-state index in [1.807, 2.05) is 4.90 Å². The highest BCUT2D eigenvalue weighted by atomic mass is 16.5. The van der Waals surface area contributed by atoms with Gasteiger partial charge in [0.2, 0.25) is 0 Å². The van der Waals surface area contributed by atoms with Crippen LogP contribution in [0.5, 0.6) is 0 Å². The first-order valence-corrected chi connectivity index (χ1v) is 8.79. The summed E-state index contributed by atoms with van der Waals surface area (Å²) in [7, 11) is 0. The molecule has 0 aromatic carbocycles. The van der Waals surface area contributed by atoms with E-state index in [0.29, 0.717) is 12.5 Å². The molecule has 24 heavy (non-hydrogen) atoms. The van der Waals surface area contributed by atoms with Gasteiger partial charge in [-0.2, -0.15) is 0 Å². The van der Waals surface area contributed by atoms with Gasteiger partial charge in [-0.1, -0.05) is 6.92 Å². The molecule has 1 amide bonds. The van der Waals surface area contributed by atoms with Gasteiger partial charge in [0.1, 0.15) is 6.26 Å². The monoisotopic (exact) mass is 335 g/mol. The summed E-state index contributed by atoms with van der Waals surface area (Å²) < 4.78 is 10.9. The van der Waals surface area contributed by atoms with Crippen LogP contribution < -0.4 is 0 Å². The molecule has 1 aromatic rings. The zero-order valence-corrected chi connectivity index (χ0v) is 14.1. The molecule has 132 valence electrons. The van der Waals surface area contributed by atoms with Gasteiger partial charge in [0.05, 0.1) is 11.7 Å². The Morgan fingerprint density at radius 3 is 2.58 bits per heavy atom. The molecule has 1 saturated carbocycles. The smallest absolute Gasteiger partial charge is 0.338 e. The van der Waals surface area contributed by atoms with E-state index in [0.717, 1.165) is 51.4 Å². The van der Waals surface area contributed by atoms with Crippen molar-refractivity contribution < 1.29 is 23.8 Å². The third-order valence-electron chi connectivity index (χ3n) is 5.17. The summed E-state index contributed by atoms with van der Waals surface area (Å²) in [5.74, 6) is -0.514. The zero-order chi connectivity index (χ0) is 17.1. The minimum absolute atomic E-state index is 0.00711. The van der Waals surface area contributed by atoms with Crippen molar-refractivity contribution in [1.82, 2.24) is 4.90 Å². The van der Waals surface area contributed by atoms with Crippen molar-refractivity contribution >= 4 is 11.9 Å². The molecular weight excluding hydrogens is 310 g/mol. The fourth-order valence-electron chi connectivity index (χ4n) is 3.66. The van der Waals surface area contributed by atoms with Crippen LogP contribution in [0.3, 0.4) is 0 Å². The Hall–Kier alpha value is -1.82. The number of carbonyl (C=O) groups excluding carboxylic acids is 1. The molecule has 1 saturated heterocycles. The van der Waals surface area contributed by atoms with Gasteiger partial charge in [-0.15, -0.1) is 0 Å². The van der Waals surface area contributed by atoms with Crippen molar-refractivity contribution in [3.05, 3.63) is 23.7 Å². The lowest BCUT2D eigenvalue weighted by Crippen LogP contribution is -2.45. The van der Waals surface area contributed by atoms with Crippen molar-refractivity contribution in [2.45, 2.75) is 57.6 Å². The van der Waals surface area contributed by atoms with E-state index in [-0.39, 0.29) is 29.4 Å². The van der Waals surface area contributed by atoms with Crippen LogP contribution in [0.2, 0.25) is 0 Å². The number of carboxylic acid groups (broad SMARTS) is 1. The van der Waals surface area contributed by atoms with Crippen LogP contribution in [-0.2, 0) is 4.74 Å². The van der Waals surface area contributed by atoms with Gasteiger partial charge >= 0.3 is 5.97 Å². The Labute approximate surface area is 141 Å². The van der Waals surface area contributed by atoms with E-state index >= 15 is 0 Å². The molecule has 0 bridgehead atoms. The molecule has 1 aromatic heterocycles. The summed E-state index contributed by atoms with van der Waals surface area (Å²) in [5, 5.41) is 9.02. The zero-order valence-electron chi connectivity index (χ0n) is 14.1. The maximum Gasteiger partial charge on any atom is 0.338 e. The molecule has 6 heteroatoms. The first-order chi connectivity index (χ1) is 11.5. The second kappa shape index (κ2) is 7.38. The van der Waals surface area contributed by atoms with Crippen molar-refractivity contribution in [2.75, 3.05) is 13.2 Å². The van der Waals surface area contributed by atoms with E-state index in [9.17, 15) is 9.59 Å². The van der Waals surface area contributed by atoms with Gasteiger partial charge in [0, 0.05) is 25.3 Å². The van der Waals surface area contributed by atoms with Crippen molar-refractivity contribution in [3.8, 4) is 0 Å². The summed E-state index contributed by atoms with van der Waals surface area (Å²) in [6.07, 6.45) is 7.36. The Kier molecular flexibility index (Phi) is 5.23. The number of carbonyl (C=O) groups is 2. The predicted molar refractivity (Wildman–Crippen MR) is 87.1 cm³/mol. The molecule has 1 aliphatic heterocycles. The maximum absolute atomic E-state index is 12.9. The maximum atomic E-state index is 12.9. The number of hydrogen-bond donors (Lipinski definition) is 1. The van der Waals surface area contributed by atoms with E-state index in [4.69, 9.17) is 14.3 Å². The summed E-state index contributed by atoms with van der Waals surface area (Å²) in [6, 6.07) is 1.50. The number of aromatic carboxylic acids is 1. The first kappa shape index (κ1) is 17.0. The normalized spacial score (nSPS) is 27.1. The largest absolute Gasteiger partial charge is 0.478 e. The third-order valence-corrected chi connectivity index (χ3v) is 5.17. The highest BCUT2D eigenvalue weighted by Gasteiger charge is 2.32. The molecule has 0 radical (unpaired) electrons. The predicted octanol–water partition coefficient (Wildman–Crippen LogP) is 3.18. The molecule has 2 heterocycles. The average Bonchev–Trinajstić information content (AvgIpc) is 3.24. The lowest BCUT2D eigenvalue weighted by atomic mass is 9.86. The molecule has 1 atom stereocenters. The Morgan fingerprint density at radius 1 is 1.25 bits per heavy atom. The number of amides is 1. The SMILES string of the molecule is CC1CCC(N(C[C@H]2CCCO2)C(=O)c2cc(C(=O)O)co2)CC1. The molecule has 2 aliphatic rings. The second-order valence-corrected chi connectivity index (χ2v) is 7.01. The van der Waals surface area contributed by atoms with Crippen LogP contribution in [0, 0.1) is 5.92 Å². The van der Waals surface area contributed by atoms with Gasteiger partial charge in [-0.05, 0) is 44.4 Å². The van der Waals surface area contributed by atoms with Gasteiger partial charge in [-0.25, -0.2) is 4.79 Å². The Bertz CT molecular complexity index is 582. The summed E-state index contributed by atoms with van der Waals surface area (Å²) in [4.78, 5) is 25.8. The standard InChI is InChI=1S/C18H25NO5/c1-12-4-6-14(7-5-12)19(10-15-3-2-8-23-15)17(20)16-9-13(11-24-16)18(21)22/h9,11-12,14-15H,2-8,10H2,1H3,(H,21,22)/t12?,14?,15-/m1/s1. The van der Waals surface area contributed by atoms with Crippen LogP contribution >= 0.6 is 0 Å². The molecule has 6 nitrogen and oxygen atoms in total. The van der Waals surface area contributed by atoms with Crippen LogP contribution in [0.4, 0.5) is 0 Å². The molecule has 2 fully saturated rings. The quantitative estimate of drug-likeness (QED) is 0.894. The molecule has 0 spiro atoms. The van der Waals surface area contributed by atoms with E-state index in [2.05, 4.69) is 6.92 Å². The number of carboxylic acids is 1. The average molecular weight is 335 g/mol. The second-order valence-electron chi connectivity index (χ2n) is 7.01. The van der Waals surface area contributed by atoms with Gasteiger partial charge < -0.3 is 19.2 Å². The fraction of sp³-hybridized carbons (Fsp3) is 0.667. The molecule has 3 rings (SSSR count). The van der Waals surface area contributed by atoms with E-state index < -0.39 is 5.97 Å². The Morgan fingerprint density at radius 2 is 2.00 bits per heavy atom. The van der Waals surface area contributed by atoms with Crippen LogP contribution in [-0.4, -0.2) is 47.2 Å². The number of nitrogens with zero attached hydrogens (tertiary/aromatic N) is 1. The molecular formula is C18H25NO5. The lowest BCUT2D eigenvalue weighted by Gasteiger charge is -2.37. The van der Waals surface area contributed by atoms with Crippen molar-refractivity contribution in [3.63, 3.8) is 0 Å². The molecule has 1 aliphatic carbocycles. The minimum Gasteiger partial charge on any atom is -0.478 e. The van der Waals surface area contributed by atoms with Crippen LogP contribution in [0.15, 0.2) is 16.7 Å². The van der Waals surface area contributed by atoms with Gasteiger partial charge in [0.25, 0.3) is 5.91 Å². The summed E-state index contributed by atoms with van der Waals surface area (Å²) >= 11 is 0.